The predicted molar refractivity (Wildman–Crippen MR) is 95.5 cm³/mol. The summed E-state index contributed by atoms with van der Waals surface area (Å²) in [6, 6.07) is 5.17. The Hall–Kier alpha value is -2.35. The van der Waals surface area contributed by atoms with Gasteiger partial charge in [-0.05, 0) is 44.9 Å². The molecule has 0 spiro atoms. The van der Waals surface area contributed by atoms with E-state index in [-0.39, 0.29) is 18.4 Å². The second-order valence-corrected chi connectivity index (χ2v) is 7.00. The first-order valence-electron chi connectivity index (χ1n) is 8.93. The first kappa shape index (κ1) is 19.4. The summed E-state index contributed by atoms with van der Waals surface area (Å²) in [7, 11) is 0. The fraction of sp³-hybridized carbons (Fsp3) is 0.474. The number of hydrogen-bond acceptors (Lipinski definition) is 3. The molecule has 0 bridgehead atoms. The molecule has 1 aromatic heterocycles. The van der Waals surface area contributed by atoms with Crippen LogP contribution in [0.2, 0.25) is 0 Å². The third-order valence-corrected chi connectivity index (χ3v) is 5.08. The Bertz CT molecular complexity index is 836. The molecule has 1 saturated heterocycles. The van der Waals surface area contributed by atoms with E-state index >= 15 is 0 Å². The molecular weight excluding hydrogens is 357 g/mol. The third kappa shape index (κ3) is 4.16. The first-order chi connectivity index (χ1) is 12.7. The molecule has 1 aromatic carbocycles. The highest BCUT2D eigenvalue weighted by atomic mass is 19.4. The second-order valence-electron chi connectivity index (χ2n) is 7.00. The Balaban J connectivity index is 1.84. The second kappa shape index (κ2) is 7.34. The number of halogens is 3. The van der Waals surface area contributed by atoms with Crippen molar-refractivity contribution in [1.29, 1.82) is 0 Å². The summed E-state index contributed by atoms with van der Waals surface area (Å²) >= 11 is 0. The summed E-state index contributed by atoms with van der Waals surface area (Å²) in [5.41, 5.74) is 7.55. The monoisotopic (exact) mass is 380 g/mol. The molecule has 146 valence electrons. The number of hydrogen-bond donors (Lipinski definition) is 1. The van der Waals surface area contributed by atoms with Crippen molar-refractivity contribution in [2.24, 2.45) is 5.73 Å². The van der Waals surface area contributed by atoms with Gasteiger partial charge in [-0.2, -0.15) is 18.3 Å². The molecule has 0 atom stereocenters. The topological polar surface area (TPSA) is 64.2 Å². The number of amides is 1. The van der Waals surface area contributed by atoms with Crippen LogP contribution in [0.25, 0.3) is 5.69 Å². The van der Waals surface area contributed by atoms with Crippen molar-refractivity contribution in [3.8, 4) is 5.69 Å². The Morgan fingerprint density at radius 2 is 1.93 bits per heavy atom. The van der Waals surface area contributed by atoms with Crippen molar-refractivity contribution in [2.75, 3.05) is 13.1 Å². The molecule has 27 heavy (non-hydrogen) atoms. The van der Waals surface area contributed by atoms with Crippen molar-refractivity contribution >= 4 is 5.91 Å². The van der Waals surface area contributed by atoms with Gasteiger partial charge in [-0.25, -0.2) is 4.68 Å². The average molecular weight is 380 g/mol. The van der Waals surface area contributed by atoms with Gasteiger partial charge in [-0.15, -0.1) is 0 Å². The fourth-order valence-electron chi connectivity index (χ4n) is 3.41. The van der Waals surface area contributed by atoms with Crippen LogP contribution in [0.5, 0.6) is 0 Å². The third-order valence-electron chi connectivity index (χ3n) is 5.08. The van der Waals surface area contributed by atoms with Crippen LogP contribution in [-0.4, -0.2) is 39.7 Å². The van der Waals surface area contributed by atoms with Crippen LogP contribution in [-0.2, 0) is 17.4 Å². The summed E-state index contributed by atoms with van der Waals surface area (Å²) in [5, 5.41) is 4.37. The van der Waals surface area contributed by atoms with Crippen molar-refractivity contribution < 1.29 is 18.0 Å². The van der Waals surface area contributed by atoms with E-state index in [1.807, 2.05) is 0 Å². The molecule has 0 saturated carbocycles. The van der Waals surface area contributed by atoms with Crippen LogP contribution < -0.4 is 5.73 Å². The van der Waals surface area contributed by atoms with Crippen LogP contribution in [0.4, 0.5) is 13.2 Å². The number of nitrogens with zero attached hydrogens (tertiary/aromatic N) is 3. The van der Waals surface area contributed by atoms with Crippen LogP contribution in [0, 0.1) is 13.8 Å². The van der Waals surface area contributed by atoms with Gasteiger partial charge in [0.15, 0.2) is 0 Å². The molecule has 1 aliphatic rings. The Morgan fingerprint density at radius 1 is 1.26 bits per heavy atom. The lowest BCUT2D eigenvalue weighted by atomic mass is 10.0. The van der Waals surface area contributed by atoms with Gasteiger partial charge in [-0.1, -0.05) is 6.07 Å². The molecule has 8 heteroatoms. The lowest BCUT2D eigenvalue weighted by molar-refractivity contribution is -0.137. The zero-order valence-electron chi connectivity index (χ0n) is 15.4. The standard InChI is InChI=1S/C19H23F3N4O/c1-12-17(11-18(27)25-8-6-15(23)7-9-25)13(2)26(24-12)16-5-3-4-14(10-16)19(20,21)22/h3-5,10,15H,6-9,11,23H2,1-2H3. The summed E-state index contributed by atoms with van der Waals surface area (Å²) < 4.78 is 40.4. The van der Waals surface area contributed by atoms with E-state index in [1.165, 1.54) is 10.7 Å². The predicted octanol–water partition coefficient (Wildman–Crippen LogP) is 3.00. The molecule has 1 fully saturated rings. The van der Waals surface area contributed by atoms with E-state index in [4.69, 9.17) is 5.73 Å². The van der Waals surface area contributed by atoms with Gasteiger partial charge in [0.25, 0.3) is 0 Å². The van der Waals surface area contributed by atoms with Crippen molar-refractivity contribution in [1.82, 2.24) is 14.7 Å². The van der Waals surface area contributed by atoms with E-state index in [2.05, 4.69) is 5.10 Å². The summed E-state index contributed by atoms with van der Waals surface area (Å²) in [4.78, 5) is 14.4. The zero-order chi connectivity index (χ0) is 19.8. The number of benzene rings is 1. The zero-order valence-corrected chi connectivity index (χ0v) is 15.4. The smallest absolute Gasteiger partial charge is 0.342 e. The first-order valence-corrected chi connectivity index (χ1v) is 8.93. The maximum Gasteiger partial charge on any atom is 0.416 e. The van der Waals surface area contributed by atoms with E-state index in [1.54, 1.807) is 24.8 Å². The Kier molecular flexibility index (Phi) is 5.28. The van der Waals surface area contributed by atoms with Gasteiger partial charge in [0.2, 0.25) is 5.91 Å². The van der Waals surface area contributed by atoms with Gasteiger partial charge in [0.1, 0.15) is 0 Å². The number of carbonyl (C=O) groups excluding carboxylic acids is 1. The molecule has 1 amide bonds. The Labute approximate surface area is 155 Å². The van der Waals surface area contributed by atoms with Crippen molar-refractivity contribution in [3.05, 3.63) is 46.8 Å². The molecule has 2 heterocycles. The van der Waals surface area contributed by atoms with Crippen molar-refractivity contribution in [2.45, 2.75) is 45.3 Å². The molecule has 5 nitrogen and oxygen atoms in total. The van der Waals surface area contributed by atoms with Crippen LogP contribution in [0.1, 0.15) is 35.4 Å². The number of aromatic nitrogens is 2. The molecule has 1 aliphatic heterocycles. The highest BCUT2D eigenvalue weighted by molar-refractivity contribution is 5.79. The number of nitrogens with two attached hydrogens (primary N) is 1. The normalized spacial score (nSPS) is 16.0. The van der Waals surface area contributed by atoms with Crippen molar-refractivity contribution in [3.63, 3.8) is 0 Å². The highest BCUT2D eigenvalue weighted by Crippen LogP contribution is 2.31. The molecule has 0 aliphatic carbocycles. The molecule has 0 unspecified atom stereocenters. The molecule has 0 radical (unpaired) electrons. The summed E-state index contributed by atoms with van der Waals surface area (Å²) in [6.45, 7) is 4.82. The number of alkyl halides is 3. The number of likely N-dealkylation sites (tertiary alicyclic amines) is 1. The fourth-order valence-corrected chi connectivity index (χ4v) is 3.41. The van der Waals surface area contributed by atoms with Crippen LogP contribution in [0.3, 0.4) is 0 Å². The van der Waals surface area contributed by atoms with Gasteiger partial charge in [0, 0.05) is 30.4 Å². The average Bonchev–Trinajstić information content (AvgIpc) is 2.90. The summed E-state index contributed by atoms with van der Waals surface area (Å²) in [6.07, 6.45) is -2.66. The maximum absolute atomic E-state index is 13.0. The van der Waals surface area contributed by atoms with Gasteiger partial charge in [0.05, 0.1) is 23.4 Å². The van der Waals surface area contributed by atoms with E-state index < -0.39 is 11.7 Å². The van der Waals surface area contributed by atoms with E-state index in [9.17, 15) is 18.0 Å². The molecule has 2 aromatic rings. The van der Waals surface area contributed by atoms with E-state index in [0.717, 1.165) is 30.5 Å². The minimum absolute atomic E-state index is 0.00306. The van der Waals surface area contributed by atoms with Crippen LogP contribution in [0.15, 0.2) is 24.3 Å². The lowest BCUT2D eigenvalue weighted by Gasteiger charge is -2.30. The molecular formula is C19H23F3N4O. The summed E-state index contributed by atoms with van der Waals surface area (Å²) in [5.74, 6) is -0.00306. The highest BCUT2D eigenvalue weighted by Gasteiger charge is 2.31. The minimum Gasteiger partial charge on any atom is -0.342 e. The van der Waals surface area contributed by atoms with Crippen LogP contribution >= 0.6 is 0 Å². The molecule has 2 N–H and O–H groups in total. The Morgan fingerprint density at radius 3 is 2.56 bits per heavy atom. The SMILES string of the molecule is Cc1nn(-c2cccc(C(F)(F)F)c2)c(C)c1CC(=O)N1CCC(N)CC1. The largest absolute Gasteiger partial charge is 0.416 e. The van der Waals surface area contributed by atoms with Gasteiger partial charge < -0.3 is 10.6 Å². The quantitative estimate of drug-likeness (QED) is 0.890. The maximum atomic E-state index is 13.0. The number of aryl methyl sites for hydroxylation is 1. The number of piperidine rings is 1. The minimum atomic E-state index is -4.42. The number of carbonyl (C=O) groups is 1. The van der Waals surface area contributed by atoms with E-state index in [0.29, 0.717) is 30.2 Å². The molecule has 3 rings (SSSR count). The van der Waals surface area contributed by atoms with Gasteiger partial charge in [-0.3, -0.25) is 4.79 Å². The van der Waals surface area contributed by atoms with Gasteiger partial charge >= 0.3 is 6.18 Å². The lowest BCUT2D eigenvalue weighted by Crippen LogP contribution is -2.43. The number of rotatable bonds is 3.